The van der Waals surface area contributed by atoms with E-state index < -0.39 is 5.97 Å². The molecule has 0 saturated heterocycles. The lowest BCUT2D eigenvalue weighted by Gasteiger charge is -2.15. The largest absolute Gasteiger partial charge is 0.481 e. The van der Waals surface area contributed by atoms with Gasteiger partial charge in [-0.15, -0.1) is 0 Å². The Morgan fingerprint density at radius 1 is 1.36 bits per heavy atom. The number of hydrogen-bond acceptors (Lipinski definition) is 5. The highest BCUT2D eigenvalue weighted by Crippen LogP contribution is 2.26. The first-order chi connectivity index (χ1) is 10.5. The van der Waals surface area contributed by atoms with Crippen LogP contribution < -0.4 is 0 Å². The predicted octanol–water partition coefficient (Wildman–Crippen LogP) is 3.23. The number of hydrogen-bond donors (Lipinski definition) is 1. The van der Waals surface area contributed by atoms with Gasteiger partial charge in [-0.3, -0.25) is 14.4 Å². The average molecular weight is 343 g/mol. The van der Waals surface area contributed by atoms with Gasteiger partial charge in [0.15, 0.2) is 5.62 Å². The van der Waals surface area contributed by atoms with E-state index in [1.807, 2.05) is 19.3 Å². The van der Waals surface area contributed by atoms with Gasteiger partial charge in [0.05, 0.1) is 5.69 Å². The molecule has 0 aromatic carbocycles. The van der Waals surface area contributed by atoms with E-state index in [4.69, 9.17) is 5.11 Å². The van der Waals surface area contributed by atoms with Crippen molar-refractivity contribution < 1.29 is 19.5 Å². The smallest absolute Gasteiger partial charge is 0.303 e. The minimum Gasteiger partial charge on any atom is -0.481 e. The van der Waals surface area contributed by atoms with Crippen molar-refractivity contribution in [2.75, 3.05) is 5.75 Å². The fourth-order valence-corrected chi connectivity index (χ4v) is 3.86. The van der Waals surface area contributed by atoms with Crippen LogP contribution in [0.2, 0.25) is 0 Å². The van der Waals surface area contributed by atoms with E-state index in [2.05, 4.69) is 0 Å². The van der Waals surface area contributed by atoms with Crippen LogP contribution in [-0.2, 0) is 16.6 Å². The third-order valence-electron chi connectivity index (χ3n) is 3.22. The van der Waals surface area contributed by atoms with Gasteiger partial charge < -0.3 is 9.67 Å². The molecule has 0 spiro atoms. The topological polar surface area (TPSA) is 76.4 Å². The van der Waals surface area contributed by atoms with Crippen molar-refractivity contribution in [2.45, 2.75) is 37.4 Å². The Kier molecular flexibility index (Phi) is 9.00. The number of aromatic nitrogens is 1. The van der Waals surface area contributed by atoms with Gasteiger partial charge >= 0.3 is 5.97 Å². The number of thioether (sulfide) groups is 2. The monoisotopic (exact) mass is 343 g/mol. The zero-order valence-corrected chi connectivity index (χ0v) is 14.2. The normalized spacial score (nSPS) is 12.0. The van der Waals surface area contributed by atoms with E-state index in [9.17, 15) is 14.4 Å². The number of rotatable bonds is 11. The number of carbonyl (C=O) groups excluding carboxylic acids is 2. The van der Waals surface area contributed by atoms with Gasteiger partial charge in [0.1, 0.15) is 0 Å². The van der Waals surface area contributed by atoms with Crippen molar-refractivity contribution in [3.8, 4) is 0 Å². The molecule has 1 aromatic rings. The molecule has 22 heavy (non-hydrogen) atoms. The second kappa shape index (κ2) is 10.5. The van der Waals surface area contributed by atoms with E-state index >= 15 is 0 Å². The van der Waals surface area contributed by atoms with Gasteiger partial charge in [-0.1, -0.05) is 29.9 Å². The predicted molar refractivity (Wildman–Crippen MR) is 91.1 cm³/mol. The van der Waals surface area contributed by atoms with Crippen LogP contribution in [0.25, 0.3) is 0 Å². The van der Waals surface area contributed by atoms with E-state index in [1.54, 1.807) is 10.6 Å². The van der Waals surface area contributed by atoms with Crippen molar-refractivity contribution in [2.24, 2.45) is 7.05 Å². The fraction of sp³-hybridized carbons (Fsp3) is 0.533. The summed E-state index contributed by atoms with van der Waals surface area (Å²) in [6, 6.07) is 3.62. The molecule has 7 heteroatoms. The maximum Gasteiger partial charge on any atom is 0.303 e. The third-order valence-corrected chi connectivity index (χ3v) is 5.05. The van der Waals surface area contributed by atoms with Crippen molar-refractivity contribution in [1.29, 1.82) is 0 Å². The fourth-order valence-electron chi connectivity index (χ4n) is 2.04. The maximum absolute atomic E-state index is 12.3. The number of aliphatic carboxylic acids is 1. The standard InChI is InChI=1S/C15H21NO4S2/c1-16-9-4-6-13(16)15(20)22-12(8-10-21-11-17)5-2-3-7-14(18)19/h4,6,9,11-12H,2-3,5,7-8,10H2,1H3,(H,18,19). The average Bonchev–Trinajstić information content (AvgIpc) is 2.89. The molecule has 0 aliphatic rings. The van der Waals surface area contributed by atoms with Crippen LogP contribution >= 0.6 is 23.5 Å². The van der Waals surface area contributed by atoms with Crippen LogP contribution in [0.5, 0.6) is 0 Å². The molecule has 0 bridgehead atoms. The van der Waals surface area contributed by atoms with Crippen LogP contribution in [0.15, 0.2) is 18.3 Å². The van der Waals surface area contributed by atoms with Gasteiger partial charge in [0.25, 0.3) is 0 Å². The van der Waals surface area contributed by atoms with Gasteiger partial charge in [-0.05, 0) is 31.4 Å². The number of carbonyl (C=O) groups is 3. The first-order valence-corrected chi connectivity index (χ1v) is 9.06. The molecule has 1 heterocycles. The Bertz CT molecular complexity index is 501. The molecule has 0 aliphatic heterocycles. The number of aryl methyl sites for hydroxylation is 1. The Morgan fingerprint density at radius 2 is 2.14 bits per heavy atom. The Balaban J connectivity index is 2.49. The minimum absolute atomic E-state index is 0.0202. The summed E-state index contributed by atoms with van der Waals surface area (Å²) in [6.45, 7) is 0. The van der Waals surface area contributed by atoms with Crippen LogP contribution in [0.4, 0.5) is 0 Å². The first-order valence-electron chi connectivity index (χ1n) is 7.14. The van der Waals surface area contributed by atoms with E-state index in [0.717, 1.165) is 24.9 Å². The SMILES string of the molecule is Cn1cccc1C(=O)SC(CCCCC(=O)O)CCSC=O. The summed E-state index contributed by atoms with van der Waals surface area (Å²) in [5, 5.41) is 8.78. The highest BCUT2D eigenvalue weighted by molar-refractivity contribution is 8.14. The second-order valence-corrected chi connectivity index (χ2v) is 7.13. The summed E-state index contributed by atoms with van der Waals surface area (Å²) < 4.78 is 1.79. The van der Waals surface area contributed by atoms with E-state index in [1.165, 1.54) is 23.5 Å². The molecule has 0 saturated carbocycles. The van der Waals surface area contributed by atoms with Crippen molar-refractivity contribution in [3.05, 3.63) is 24.0 Å². The van der Waals surface area contributed by atoms with Gasteiger partial charge in [-0.2, -0.15) is 0 Å². The number of nitrogens with zero attached hydrogens (tertiary/aromatic N) is 1. The molecule has 5 nitrogen and oxygen atoms in total. The third kappa shape index (κ3) is 7.17. The molecule has 1 unspecified atom stereocenters. The zero-order valence-electron chi connectivity index (χ0n) is 12.6. The number of unbranched alkanes of at least 4 members (excludes halogenated alkanes) is 1. The lowest BCUT2D eigenvalue weighted by Crippen LogP contribution is -2.11. The highest BCUT2D eigenvalue weighted by Gasteiger charge is 2.17. The lowest BCUT2D eigenvalue weighted by molar-refractivity contribution is -0.137. The second-order valence-electron chi connectivity index (χ2n) is 4.93. The summed E-state index contributed by atoms with van der Waals surface area (Å²) in [7, 11) is 1.83. The van der Waals surface area contributed by atoms with Crippen molar-refractivity contribution in [1.82, 2.24) is 4.57 Å². The Hall–Kier alpha value is -1.21. The molecule has 1 atom stereocenters. The van der Waals surface area contributed by atoms with Gasteiger partial charge in [0, 0.05) is 30.7 Å². The lowest BCUT2D eigenvalue weighted by atomic mass is 10.1. The summed E-state index contributed by atoms with van der Waals surface area (Å²) in [5.74, 6) is -0.110. The van der Waals surface area contributed by atoms with E-state index in [0.29, 0.717) is 17.9 Å². The molecule has 122 valence electrons. The summed E-state index contributed by atoms with van der Waals surface area (Å²) in [4.78, 5) is 33.2. The molecule has 1 aromatic heterocycles. The Labute approximate surface area is 138 Å². The van der Waals surface area contributed by atoms with Gasteiger partial charge in [0.2, 0.25) is 5.12 Å². The summed E-state index contributed by atoms with van der Waals surface area (Å²) in [6.07, 6.45) is 4.93. The first kappa shape index (κ1) is 18.8. The van der Waals surface area contributed by atoms with Crippen LogP contribution in [0.3, 0.4) is 0 Å². The van der Waals surface area contributed by atoms with Crippen LogP contribution in [-0.4, -0.2) is 37.4 Å². The number of carboxylic acids is 1. The molecule has 1 rings (SSSR count). The molecule has 0 radical (unpaired) electrons. The quantitative estimate of drug-likeness (QED) is 0.491. The molecule has 0 fully saturated rings. The molecule has 1 N–H and O–H groups in total. The molecular formula is C15H21NO4S2. The Morgan fingerprint density at radius 3 is 2.73 bits per heavy atom. The molecular weight excluding hydrogens is 322 g/mol. The van der Waals surface area contributed by atoms with Crippen LogP contribution in [0, 0.1) is 0 Å². The molecule has 0 amide bonds. The molecule has 0 aliphatic carbocycles. The van der Waals surface area contributed by atoms with Crippen molar-refractivity contribution >= 4 is 40.2 Å². The van der Waals surface area contributed by atoms with E-state index in [-0.39, 0.29) is 16.8 Å². The minimum atomic E-state index is -0.791. The highest BCUT2D eigenvalue weighted by atomic mass is 32.2. The summed E-state index contributed by atoms with van der Waals surface area (Å²) in [5.41, 5.74) is 1.47. The zero-order chi connectivity index (χ0) is 16.4. The number of carboxylic acid groups (broad SMARTS) is 1. The van der Waals surface area contributed by atoms with Gasteiger partial charge in [-0.25, -0.2) is 0 Å². The summed E-state index contributed by atoms with van der Waals surface area (Å²) >= 11 is 2.49. The maximum atomic E-state index is 12.3. The van der Waals surface area contributed by atoms with Crippen LogP contribution in [0.1, 0.15) is 42.6 Å². The van der Waals surface area contributed by atoms with Crippen molar-refractivity contribution in [3.63, 3.8) is 0 Å².